The predicted molar refractivity (Wildman–Crippen MR) is 183 cm³/mol. The number of likely N-dealkylation sites (tertiary alicyclic amines) is 1. The van der Waals surface area contributed by atoms with Gasteiger partial charge in [0.1, 0.15) is 11.8 Å². The van der Waals surface area contributed by atoms with Gasteiger partial charge in [0.25, 0.3) is 11.5 Å². The van der Waals surface area contributed by atoms with Crippen LogP contribution in [0.2, 0.25) is 5.02 Å². The van der Waals surface area contributed by atoms with Crippen molar-refractivity contribution in [3.8, 4) is 17.2 Å². The van der Waals surface area contributed by atoms with E-state index >= 15 is 0 Å². The summed E-state index contributed by atoms with van der Waals surface area (Å²) in [7, 11) is 3.04. The van der Waals surface area contributed by atoms with Gasteiger partial charge in [-0.05, 0) is 61.7 Å². The molecule has 0 radical (unpaired) electrons. The molecule has 10 nitrogen and oxygen atoms in total. The minimum atomic E-state index is -0.954. The molecule has 1 fully saturated rings. The molecule has 0 spiro atoms. The zero-order valence-corrected chi connectivity index (χ0v) is 28.3. The van der Waals surface area contributed by atoms with E-state index in [1.807, 2.05) is 30.3 Å². The number of hydrogen-bond donors (Lipinski definition) is 0. The fourth-order valence-corrected chi connectivity index (χ4v) is 7.08. The van der Waals surface area contributed by atoms with Crippen molar-refractivity contribution in [2.45, 2.75) is 25.8 Å². The molecule has 0 saturated carbocycles. The highest BCUT2D eigenvalue weighted by Gasteiger charge is 2.37. The van der Waals surface area contributed by atoms with Crippen molar-refractivity contribution < 1.29 is 28.5 Å². The second-order valence-electron chi connectivity index (χ2n) is 11.1. The van der Waals surface area contributed by atoms with E-state index in [9.17, 15) is 14.4 Å². The van der Waals surface area contributed by atoms with Crippen LogP contribution in [0.1, 0.15) is 42.5 Å². The lowest BCUT2D eigenvalue weighted by atomic mass is 9.92. The van der Waals surface area contributed by atoms with Crippen LogP contribution in [0.3, 0.4) is 0 Å². The first kappa shape index (κ1) is 33.0. The van der Waals surface area contributed by atoms with E-state index in [2.05, 4.69) is 0 Å². The van der Waals surface area contributed by atoms with E-state index in [0.717, 1.165) is 25.9 Å². The lowest BCUT2D eigenvalue weighted by Crippen LogP contribution is -2.40. The van der Waals surface area contributed by atoms with Crippen molar-refractivity contribution in [1.29, 1.82) is 0 Å². The van der Waals surface area contributed by atoms with E-state index in [1.165, 1.54) is 30.1 Å². The van der Waals surface area contributed by atoms with Crippen LogP contribution in [-0.2, 0) is 14.3 Å². The van der Waals surface area contributed by atoms with Crippen LogP contribution in [0.4, 0.5) is 0 Å². The Hall–Kier alpha value is -4.87. The van der Waals surface area contributed by atoms with Gasteiger partial charge < -0.3 is 23.8 Å². The summed E-state index contributed by atoms with van der Waals surface area (Å²) in [5.41, 5.74) is 2.08. The number of aromatic nitrogens is 1. The molecule has 2 aliphatic heterocycles. The van der Waals surface area contributed by atoms with Gasteiger partial charge in [0, 0.05) is 29.2 Å². The van der Waals surface area contributed by atoms with Gasteiger partial charge in [-0.3, -0.25) is 14.2 Å². The Morgan fingerprint density at radius 2 is 1.71 bits per heavy atom. The van der Waals surface area contributed by atoms with Crippen molar-refractivity contribution in [2.24, 2.45) is 4.99 Å². The molecule has 0 aliphatic carbocycles. The maximum absolute atomic E-state index is 14.3. The van der Waals surface area contributed by atoms with Gasteiger partial charge >= 0.3 is 5.97 Å². The Bertz CT molecular complexity index is 2070. The van der Waals surface area contributed by atoms with Gasteiger partial charge in [-0.15, -0.1) is 0 Å². The van der Waals surface area contributed by atoms with Crippen LogP contribution in [0.15, 0.2) is 82.1 Å². The summed E-state index contributed by atoms with van der Waals surface area (Å²) in [5, 5.41) is 0.408. The molecular formula is C36H34ClN3O7S. The third kappa shape index (κ3) is 6.61. The van der Waals surface area contributed by atoms with Gasteiger partial charge in [0.05, 0.1) is 36.6 Å². The monoisotopic (exact) mass is 687 g/mol. The quantitative estimate of drug-likeness (QED) is 0.224. The maximum atomic E-state index is 14.3. The number of hydrogen-bond acceptors (Lipinski definition) is 9. The molecule has 3 heterocycles. The number of amides is 1. The van der Waals surface area contributed by atoms with Gasteiger partial charge in [-0.25, -0.2) is 9.79 Å². The summed E-state index contributed by atoms with van der Waals surface area (Å²) in [6.45, 7) is 3.25. The highest BCUT2D eigenvalue weighted by Crippen LogP contribution is 2.40. The molecule has 6 rings (SSSR count). The van der Waals surface area contributed by atoms with Gasteiger partial charge in [-0.2, -0.15) is 0 Å². The Balaban J connectivity index is 1.48. The van der Waals surface area contributed by atoms with Crippen molar-refractivity contribution in [2.75, 3.05) is 40.5 Å². The lowest BCUT2D eigenvalue weighted by Gasteiger charge is -2.27. The number of rotatable bonds is 10. The van der Waals surface area contributed by atoms with E-state index < -0.39 is 12.0 Å². The predicted octanol–water partition coefficient (Wildman–Crippen LogP) is 4.61. The molecular weight excluding hydrogens is 654 g/mol. The Kier molecular flexibility index (Phi) is 9.98. The van der Waals surface area contributed by atoms with E-state index in [-0.39, 0.29) is 30.3 Å². The van der Waals surface area contributed by atoms with Crippen molar-refractivity contribution in [1.82, 2.24) is 9.47 Å². The van der Waals surface area contributed by atoms with Crippen molar-refractivity contribution >= 4 is 46.6 Å². The lowest BCUT2D eigenvalue weighted by molar-refractivity contribution is -0.139. The number of nitrogens with zero attached hydrogens (tertiary/aromatic N) is 3. The summed E-state index contributed by atoms with van der Waals surface area (Å²) in [6.07, 6.45) is 3.73. The smallest absolute Gasteiger partial charge is 0.338 e. The third-order valence-corrected chi connectivity index (χ3v) is 9.37. The molecule has 12 heteroatoms. The van der Waals surface area contributed by atoms with Crippen LogP contribution in [-0.4, -0.2) is 61.9 Å². The fourth-order valence-electron chi connectivity index (χ4n) is 5.90. The number of benzene rings is 3. The molecule has 1 amide bonds. The topological polar surface area (TPSA) is 109 Å². The van der Waals surface area contributed by atoms with E-state index in [0.29, 0.717) is 54.0 Å². The first-order chi connectivity index (χ1) is 23.3. The highest BCUT2D eigenvalue weighted by atomic mass is 35.5. The number of fused-ring (bicyclic) bond motifs is 1. The van der Waals surface area contributed by atoms with Crippen LogP contribution >= 0.6 is 22.9 Å². The molecule has 0 bridgehead atoms. The molecule has 4 aromatic rings. The number of carbonyl (C=O) groups excluding carboxylic acids is 2. The Morgan fingerprint density at radius 3 is 2.42 bits per heavy atom. The second-order valence-corrected chi connectivity index (χ2v) is 12.6. The molecule has 48 heavy (non-hydrogen) atoms. The maximum Gasteiger partial charge on any atom is 0.338 e. The summed E-state index contributed by atoms with van der Waals surface area (Å²) in [4.78, 5) is 47.7. The van der Waals surface area contributed by atoms with E-state index in [4.69, 9.17) is 35.5 Å². The number of ether oxygens (including phenoxy) is 4. The zero-order chi connectivity index (χ0) is 33.8. The number of halogens is 1. The van der Waals surface area contributed by atoms with Crippen LogP contribution in [0, 0.1) is 0 Å². The Morgan fingerprint density at radius 1 is 0.979 bits per heavy atom. The molecule has 1 aromatic heterocycles. The average molecular weight is 688 g/mol. The number of carbonyl (C=O) groups is 2. The van der Waals surface area contributed by atoms with Crippen molar-refractivity contribution in [3.05, 3.63) is 114 Å². The molecule has 3 aromatic carbocycles. The first-order valence-corrected chi connectivity index (χ1v) is 16.7. The van der Waals surface area contributed by atoms with Crippen LogP contribution < -0.4 is 29.1 Å². The second kappa shape index (κ2) is 14.5. The molecule has 248 valence electrons. The largest absolute Gasteiger partial charge is 0.496 e. The third-order valence-electron chi connectivity index (χ3n) is 8.16. The number of thiazole rings is 1. The molecule has 0 unspecified atom stereocenters. The molecule has 2 aliphatic rings. The molecule has 1 atom stereocenters. The standard InChI is InChI=1S/C36H34ClN3O7S/c1-4-46-35(43)31-32(23-10-6-5-7-11-23)38-36-40(33(31)25-20-24(37)13-15-26(25)44-2)34(42)29(48-36)19-22-12-14-27(28(18-22)45-3)47-21-30(41)39-16-8-9-17-39/h5-7,10-15,18-20,33H,4,8-9,16-17,21H2,1-3H3/b29-19-/t33-/m1/s1. The van der Waals surface area contributed by atoms with E-state index in [1.54, 1.807) is 54.3 Å². The SMILES string of the molecule is CCOC(=O)C1=C(c2ccccc2)N=c2s/c(=C\c3ccc(OCC(=O)N4CCCC4)c(OC)c3)c(=O)n2[C@@H]1c1cc(Cl)ccc1OC. The summed E-state index contributed by atoms with van der Waals surface area (Å²) < 4.78 is 24.5. The van der Waals surface area contributed by atoms with Gasteiger partial charge in [0.2, 0.25) is 0 Å². The summed E-state index contributed by atoms with van der Waals surface area (Å²) in [6, 6.07) is 18.7. The minimum Gasteiger partial charge on any atom is -0.496 e. The average Bonchev–Trinajstić information content (AvgIpc) is 3.75. The summed E-state index contributed by atoms with van der Waals surface area (Å²) in [5.74, 6) is 0.609. The number of methoxy groups -OCH3 is 2. The Labute approximate surface area is 286 Å². The van der Waals surface area contributed by atoms with Crippen LogP contribution in [0.25, 0.3) is 11.8 Å². The summed E-state index contributed by atoms with van der Waals surface area (Å²) >= 11 is 7.67. The zero-order valence-electron chi connectivity index (χ0n) is 26.7. The van der Waals surface area contributed by atoms with Crippen molar-refractivity contribution in [3.63, 3.8) is 0 Å². The fraction of sp³-hybridized carbons (Fsp3) is 0.278. The van der Waals surface area contributed by atoms with Gasteiger partial charge in [0.15, 0.2) is 22.9 Å². The first-order valence-electron chi connectivity index (χ1n) is 15.5. The number of esters is 1. The molecule has 1 saturated heterocycles. The highest BCUT2D eigenvalue weighted by molar-refractivity contribution is 7.07. The van der Waals surface area contributed by atoms with Gasteiger partial charge in [-0.1, -0.05) is 59.3 Å². The molecule has 0 N–H and O–H groups in total. The van der Waals surface area contributed by atoms with Crippen LogP contribution in [0.5, 0.6) is 17.2 Å². The minimum absolute atomic E-state index is 0.0670. The normalized spacial score (nSPS) is 16.0.